The second-order valence-electron chi connectivity index (χ2n) is 9.86. The van der Waals surface area contributed by atoms with Crippen LogP contribution in [-0.4, -0.2) is 29.9 Å². The molecule has 3 aliphatic rings. The molecule has 2 aliphatic carbocycles. The zero-order chi connectivity index (χ0) is 20.3. The Morgan fingerprint density at radius 3 is 2.30 bits per heavy atom. The number of piperidine rings is 1. The largest absolute Gasteiger partial charge is 0.349 e. The number of nitrogens with one attached hydrogen (secondary N) is 1. The molecule has 0 radical (unpaired) electrons. The van der Waals surface area contributed by atoms with Gasteiger partial charge in [-0.15, -0.1) is 0 Å². The van der Waals surface area contributed by atoms with Crippen molar-refractivity contribution < 1.29 is 4.79 Å². The predicted octanol–water partition coefficient (Wildman–Crippen LogP) is 5.06. The van der Waals surface area contributed by atoms with Crippen LogP contribution in [0.5, 0.6) is 0 Å². The van der Waals surface area contributed by atoms with Gasteiger partial charge in [-0.3, -0.25) is 9.69 Å². The summed E-state index contributed by atoms with van der Waals surface area (Å²) in [5, 5.41) is 3.30. The summed E-state index contributed by atoms with van der Waals surface area (Å²) in [6.45, 7) is 3.33. The number of hydrogen-bond acceptors (Lipinski definition) is 2. The van der Waals surface area contributed by atoms with E-state index in [-0.39, 0.29) is 5.91 Å². The normalized spacial score (nSPS) is 26.7. The van der Waals surface area contributed by atoms with Crippen molar-refractivity contribution in [3.8, 4) is 0 Å². The van der Waals surface area contributed by atoms with Crippen molar-refractivity contribution in [1.82, 2.24) is 10.2 Å². The van der Waals surface area contributed by atoms with Gasteiger partial charge in [0, 0.05) is 18.2 Å². The third-order valence-electron chi connectivity index (χ3n) is 7.75. The average Bonchev–Trinajstić information content (AvgIpc) is 3.40. The highest BCUT2D eigenvalue weighted by Crippen LogP contribution is 2.44. The highest BCUT2D eigenvalue weighted by atomic mass is 16.1. The van der Waals surface area contributed by atoms with Crippen molar-refractivity contribution in [3.63, 3.8) is 0 Å². The highest BCUT2D eigenvalue weighted by Gasteiger charge is 2.40. The predicted molar refractivity (Wildman–Crippen MR) is 121 cm³/mol. The number of hydrogen-bond donors (Lipinski definition) is 1. The maximum Gasteiger partial charge on any atom is 0.251 e. The van der Waals surface area contributed by atoms with Gasteiger partial charge in [0.1, 0.15) is 0 Å². The molecule has 3 fully saturated rings. The summed E-state index contributed by atoms with van der Waals surface area (Å²) in [6.07, 6.45) is 8.95. The minimum absolute atomic E-state index is 0.112. The van der Waals surface area contributed by atoms with Crippen molar-refractivity contribution in [2.24, 2.45) is 17.8 Å². The molecule has 2 aromatic carbocycles. The van der Waals surface area contributed by atoms with Crippen LogP contribution in [0.3, 0.4) is 0 Å². The fourth-order valence-electron chi connectivity index (χ4n) is 5.99. The first kappa shape index (κ1) is 19.8. The van der Waals surface area contributed by atoms with Crippen LogP contribution in [0.1, 0.15) is 60.0 Å². The lowest BCUT2D eigenvalue weighted by Crippen LogP contribution is -2.38. The SMILES string of the molecule is O=C(N[C@@H]1C[C@@H]2CC[C@H]1C2)c1ccc(CN2CCC(Cc3ccccc3)CC2)cc1. The van der Waals surface area contributed by atoms with Gasteiger partial charge in [-0.1, -0.05) is 48.9 Å². The van der Waals surface area contributed by atoms with Crippen molar-refractivity contribution >= 4 is 5.91 Å². The molecule has 1 N–H and O–H groups in total. The summed E-state index contributed by atoms with van der Waals surface area (Å²) in [4.78, 5) is 15.2. The Hall–Kier alpha value is -2.13. The third-order valence-corrected chi connectivity index (χ3v) is 7.75. The lowest BCUT2D eigenvalue weighted by molar-refractivity contribution is 0.0923. The second kappa shape index (κ2) is 8.93. The Morgan fingerprint density at radius 1 is 0.867 bits per heavy atom. The van der Waals surface area contributed by atoms with Gasteiger partial charge in [-0.05, 0) is 92.6 Å². The Kier molecular flexibility index (Phi) is 5.90. The smallest absolute Gasteiger partial charge is 0.251 e. The van der Waals surface area contributed by atoms with Crippen LogP contribution in [0.4, 0.5) is 0 Å². The van der Waals surface area contributed by atoms with E-state index in [4.69, 9.17) is 0 Å². The van der Waals surface area contributed by atoms with Crippen LogP contribution in [0, 0.1) is 17.8 Å². The van der Waals surface area contributed by atoms with Crippen molar-refractivity contribution in [2.45, 2.75) is 57.5 Å². The van der Waals surface area contributed by atoms with Gasteiger partial charge in [-0.2, -0.15) is 0 Å². The minimum atomic E-state index is 0.112. The molecule has 1 saturated heterocycles. The van der Waals surface area contributed by atoms with E-state index < -0.39 is 0 Å². The first-order valence-corrected chi connectivity index (χ1v) is 11.9. The fraction of sp³-hybridized carbons (Fsp3) is 0.519. The van der Waals surface area contributed by atoms with E-state index in [0.29, 0.717) is 6.04 Å². The number of carbonyl (C=O) groups excluding carboxylic acids is 1. The summed E-state index contributed by atoms with van der Waals surface area (Å²) in [5.74, 6) is 2.50. The third kappa shape index (κ3) is 4.62. The number of nitrogens with zero attached hydrogens (tertiary/aromatic N) is 1. The molecular weight excluding hydrogens is 368 g/mol. The van der Waals surface area contributed by atoms with Gasteiger partial charge in [0.05, 0.1) is 0 Å². The summed E-state index contributed by atoms with van der Waals surface area (Å²) in [7, 11) is 0. The molecule has 0 unspecified atom stereocenters. The topological polar surface area (TPSA) is 32.3 Å². The minimum Gasteiger partial charge on any atom is -0.349 e. The number of likely N-dealkylation sites (tertiary alicyclic amines) is 1. The quantitative estimate of drug-likeness (QED) is 0.732. The zero-order valence-electron chi connectivity index (χ0n) is 17.9. The van der Waals surface area contributed by atoms with Crippen LogP contribution in [-0.2, 0) is 13.0 Å². The highest BCUT2D eigenvalue weighted by molar-refractivity contribution is 5.94. The summed E-state index contributed by atoms with van der Waals surface area (Å²) < 4.78 is 0. The molecule has 0 spiro atoms. The molecule has 2 bridgehead atoms. The molecule has 30 heavy (non-hydrogen) atoms. The fourth-order valence-corrected chi connectivity index (χ4v) is 5.99. The molecule has 2 aromatic rings. The second-order valence-corrected chi connectivity index (χ2v) is 9.86. The molecular formula is C27H34N2O. The number of benzene rings is 2. The van der Waals surface area contributed by atoms with Gasteiger partial charge in [-0.25, -0.2) is 0 Å². The van der Waals surface area contributed by atoms with Crippen molar-refractivity contribution in [2.75, 3.05) is 13.1 Å². The van der Waals surface area contributed by atoms with Crippen LogP contribution < -0.4 is 5.32 Å². The molecule has 0 aromatic heterocycles. The molecule has 2 saturated carbocycles. The first-order chi connectivity index (χ1) is 14.7. The van der Waals surface area contributed by atoms with Crippen LogP contribution >= 0.6 is 0 Å². The van der Waals surface area contributed by atoms with Gasteiger partial charge in [0.15, 0.2) is 0 Å². The summed E-state index contributed by atoms with van der Waals surface area (Å²) in [5.41, 5.74) is 3.59. The Balaban J connectivity index is 1.08. The number of fused-ring (bicyclic) bond motifs is 2. The Bertz CT molecular complexity index is 839. The van der Waals surface area contributed by atoms with Crippen molar-refractivity contribution in [3.05, 3.63) is 71.3 Å². The number of amides is 1. The number of carbonyl (C=O) groups is 1. The standard InChI is InChI=1S/C27H34N2O/c30-27(28-26-18-23-8-11-25(26)17-23)24-9-6-22(7-10-24)19-29-14-12-21(13-15-29)16-20-4-2-1-3-5-20/h1-7,9-10,21,23,25-26H,8,11-19H2,(H,28,30)/t23-,25+,26-/m1/s1. The van der Waals surface area contributed by atoms with Crippen LogP contribution in [0.15, 0.2) is 54.6 Å². The molecule has 1 amide bonds. The maximum atomic E-state index is 12.6. The van der Waals surface area contributed by atoms with Crippen LogP contribution in [0.25, 0.3) is 0 Å². The molecule has 5 rings (SSSR count). The molecule has 3 atom stereocenters. The van der Waals surface area contributed by atoms with E-state index in [1.807, 2.05) is 12.1 Å². The summed E-state index contributed by atoms with van der Waals surface area (Å²) in [6, 6.07) is 19.6. The Morgan fingerprint density at radius 2 is 1.63 bits per heavy atom. The number of rotatable bonds is 6. The van der Waals surface area contributed by atoms with E-state index in [9.17, 15) is 4.79 Å². The van der Waals surface area contributed by atoms with Gasteiger partial charge in [0.25, 0.3) is 5.91 Å². The monoisotopic (exact) mass is 402 g/mol. The van der Waals surface area contributed by atoms with E-state index in [1.54, 1.807) is 0 Å². The van der Waals surface area contributed by atoms with E-state index in [0.717, 1.165) is 29.9 Å². The van der Waals surface area contributed by atoms with Gasteiger partial charge in [0.2, 0.25) is 0 Å². The lowest BCUT2D eigenvalue weighted by atomic mass is 9.90. The lowest BCUT2D eigenvalue weighted by Gasteiger charge is -2.32. The molecule has 3 nitrogen and oxygen atoms in total. The van der Waals surface area contributed by atoms with Crippen molar-refractivity contribution in [1.29, 1.82) is 0 Å². The molecule has 158 valence electrons. The molecule has 1 aliphatic heterocycles. The zero-order valence-corrected chi connectivity index (χ0v) is 17.9. The first-order valence-electron chi connectivity index (χ1n) is 11.9. The van der Waals surface area contributed by atoms with E-state index >= 15 is 0 Å². The van der Waals surface area contributed by atoms with Gasteiger partial charge >= 0.3 is 0 Å². The van der Waals surface area contributed by atoms with E-state index in [1.165, 1.54) is 69.2 Å². The molecule has 3 heteroatoms. The maximum absolute atomic E-state index is 12.6. The Labute approximate surface area is 180 Å². The summed E-state index contributed by atoms with van der Waals surface area (Å²) >= 11 is 0. The average molecular weight is 403 g/mol. The van der Waals surface area contributed by atoms with Gasteiger partial charge < -0.3 is 5.32 Å². The molecule has 1 heterocycles. The van der Waals surface area contributed by atoms with E-state index in [2.05, 4.69) is 52.7 Å². The van der Waals surface area contributed by atoms with Crippen LogP contribution in [0.2, 0.25) is 0 Å².